The Labute approximate surface area is 110 Å². The molecule has 2 aromatic carbocycles. The van der Waals surface area contributed by atoms with Crippen LogP contribution >= 0.6 is 23.7 Å². The largest absolute Gasteiger partial charge is 0.398 e. The highest BCUT2D eigenvalue weighted by atomic mass is 32.2. The monoisotopic (exact) mass is 262 g/mol. The van der Waals surface area contributed by atoms with Crippen LogP contribution in [-0.2, 0) is 0 Å². The zero-order valence-corrected chi connectivity index (χ0v) is 11.1. The van der Waals surface area contributed by atoms with Gasteiger partial charge in [-0.25, -0.2) is 0 Å². The number of anilines is 1. The van der Waals surface area contributed by atoms with Gasteiger partial charge in [0.15, 0.2) is 0 Å². The number of nitrogen functional groups attached to an aromatic ring is 1. The minimum absolute atomic E-state index is 0.786. The van der Waals surface area contributed by atoms with Crippen molar-refractivity contribution in [2.75, 3.05) is 5.73 Å². The van der Waals surface area contributed by atoms with E-state index >= 15 is 0 Å². The second-order valence-corrected chi connectivity index (χ2v) is 5.56. The molecule has 0 atom stereocenters. The maximum absolute atomic E-state index is 5.95. The van der Waals surface area contributed by atoms with Crippen molar-refractivity contribution >= 4 is 29.4 Å². The van der Waals surface area contributed by atoms with Gasteiger partial charge in [-0.2, -0.15) is 0 Å². The van der Waals surface area contributed by atoms with Crippen LogP contribution in [0, 0.1) is 6.92 Å². The number of nitrogens with two attached hydrogens (primary N) is 2. The summed E-state index contributed by atoms with van der Waals surface area (Å²) in [6, 6.07) is 14.2. The number of hydrogen-bond donors (Lipinski definition) is 2. The molecule has 4 heteroatoms. The van der Waals surface area contributed by atoms with E-state index in [4.69, 9.17) is 10.9 Å². The first-order valence-electron chi connectivity index (χ1n) is 5.20. The van der Waals surface area contributed by atoms with Gasteiger partial charge < -0.3 is 5.73 Å². The summed E-state index contributed by atoms with van der Waals surface area (Å²) in [5.41, 5.74) is 7.99. The fraction of sp³-hybridized carbons (Fsp3) is 0.0769. The Balaban J connectivity index is 2.25. The van der Waals surface area contributed by atoms with Crippen LogP contribution in [0.1, 0.15) is 5.56 Å². The summed E-state index contributed by atoms with van der Waals surface area (Å²) in [7, 11) is 0. The third-order valence-electron chi connectivity index (χ3n) is 2.37. The molecule has 0 heterocycles. The second kappa shape index (κ2) is 5.49. The molecular weight excluding hydrogens is 248 g/mol. The van der Waals surface area contributed by atoms with Gasteiger partial charge in [0.05, 0.1) is 0 Å². The Hall–Kier alpha value is -1.10. The van der Waals surface area contributed by atoms with Crippen LogP contribution in [0.3, 0.4) is 0 Å². The summed E-state index contributed by atoms with van der Waals surface area (Å²) in [4.78, 5) is 3.25. The highest BCUT2D eigenvalue weighted by Gasteiger charge is 2.03. The van der Waals surface area contributed by atoms with Crippen molar-refractivity contribution in [2.24, 2.45) is 5.14 Å². The van der Waals surface area contributed by atoms with Crippen molar-refractivity contribution < 1.29 is 0 Å². The van der Waals surface area contributed by atoms with E-state index in [0.29, 0.717) is 0 Å². The van der Waals surface area contributed by atoms with E-state index in [1.54, 1.807) is 11.8 Å². The fourth-order valence-corrected chi connectivity index (χ4v) is 2.71. The molecule has 0 spiro atoms. The quantitative estimate of drug-likeness (QED) is 0.654. The maximum Gasteiger partial charge on any atom is 0.0456 e. The summed E-state index contributed by atoms with van der Waals surface area (Å²) in [6.07, 6.45) is 0. The van der Waals surface area contributed by atoms with Crippen molar-refractivity contribution in [3.8, 4) is 0 Å². The summed E-state index contributed by atoms with van der Waals surface area (Å²) in [5.74, 6) is 0. The van der Waals surface area contributed by atoms with E-state index in [-0.39, 0.29) is 0 Å². The van der Waals surface area contributed by atoms with Crippen LogP contribution in [0.2, 0.25) is 0 Å². The van der Waals surface area contributed by atoms with Crippen LogP contribution < -0.4 is 10.9 Å². The van der Waals surface area contributed by atoms with Gasteiger partial charge in [0.1, 0.15) is 0 Å². The summed E-state index contributed by atoms with van der Waals surface area (Å²) in [5, 5.41) is 5.55. The molecule has 0 saturated heterocycles. The molecule has 0 aromatic heterocycles. The van der Waals surface area contributed by atoms with Gasteiger partial charge in [0, 0.05) is 20.4 Å². The molecular formula is C13H14N2S2. The predicted molar refractivity (Wildman–Crippen MR) is 76.2 cm³/mol. The third kappa shape index (κ3) is 3.19. The van der Waals surface area contributed by atoms with Crippen molar-refractivity contribution in [3.63, 3.8) is 0 Å². The van der Waals surface area contributed by atoms with E-state index in [9.17, 15) is 0 Å². The number of aryl methyl sites for hydroxylation is 1. The first-order valence-corrected chi connectivity index (χ1v) is 6.89. The average Bonchev–Trinajstić information content (AvgIpc) is 2.35. The molecule has 0 radical (unpaired) electrons. The van der Waals surface area contributed by atoms with Crippen molar-refractivity contribution in [3.05, 3.63) is 48.0 Å². The van der Waals surface area contributed by atoms with Gasteiger partial charge in [-0.1, -0.05) is 29.5 Å². The molecule has 17 heavy (non-hydrogen) atoms. The van der Waals surface area contributed by atoms with Crippen molar-refractivity contribution in [2.45, 2.75) is 21.6 Å². The van der Waals surface area contributed by atoms with Crippen LogP contribution in [0.5, 0.6) is 0 Å². The summed E-state index contributed by atoms with van der Waals surface area (Å²) < 4.78 is 0. The zero-order chi connectivity index (χ0) is 12.3. The normalized spacial score (nSPS) is 10.5. The van der Waals surface area contributed by atoms with Crippen LogP contribution in [-0.4, -0.2) is 0 Å². The Kier molecular flexibility index (Phi) is 3.99. The lowest BCUT2D eigenvalue weighted by atomic mass is 10.2. The Morgan fingerprint density at radius 3 is 2.24 bits per heavy atom. The van der Waals surface area contributed by atoms with Gasteiger partial charge in [0.2, 0.25) is 0 Å². The molecule has 0 amide bonds. The minimum atomic E-state index is 0.786. The molecule has 0 fully saturated rings. The molecule has 0 aliphatic heterocycles. The van der Waals surface area contributed by atoms with Crippen LogP contribution in [0.25, 0.3) is 0 Å². The second-order valence-electron chi connectivity index (χ2n) is 3.73. The van der Waals surface area contributed by atoms with E-state index in [1.807, 2.05) is 18.2 Å². The molecule has 0 unspecified atom stereocenters. The average molecular weight is 262 g/mol. The zero-order valence-electron chi connectivity index (χ0n) is 9.51. The van der Waals surface area contributed by atoms with E-state index in [2.05, 4.69) is 31.2 Å². The minimum Gasteiger partial charge on any atom is -0.398 e. The lowest BCUT2D eigenvalue weighted by Gasteiger charge is -2.07. The van der Waals surface area contributed by atoms with Gasteiger partial charge in [-0.3, -0.25) is 5.14 Å². The fourth-order valence-electron chi connectivity index (χ4n) is 1.41. The van der Waals surface area contributed by atoms with Gasteiger partial charge in [-0.05, 0) is 49.2 Å². The Morgan fingerprint density at radius 1 is 0.941 bits per heavy atom. The van der Waals surface area contributed by atoms with Gasteiger partial charge in [-0.15, -0.1) is 0 Å². The first-order chi connectivity index (χ1) is 8.19. The lowest BCUT2D eigenvalue weighted by Crippen LogP contribution is -1.89. The van der Waals surface area contributed by atoms with Crippen LogP contribution in [0.15, 0.2) is 57.2 Å². The Morgan fingerprint density at radius 2 is 1.59 bits per heavy atom. The molecule has 2 rings (SSSR count). The molecule has 0 aliphatic rings. The highest BCUT2D eigenvalue weighted by molar-refractivity contribution is 7.99. The molecule has 88 valence electrons. The number of rotatable bonds is 3. The molecule has 2 nitrogen and oxygen atoms in total. The van der Waals surface area contributed by atoms with Crippen LogP contribution in [0.4, 0.5) is 5.69 Å². The van der Waals surface area contributed by atoms with Crippen molar-refractivity contribution in [1.29, 1.82) is 0 Å². The summed E-state index contributed by atoms with van der Waals surface area (Å²) in [6.45, 7) is 2.08. The van der Waals surface area contributed by atoms with E-state index in [1.165, 1.54) is 22.4 Å². The predicted octanol–water partition coefficient (Wildman–Crippen LogP) is 3.69. The van der Waals surface area contributed by atoms with E-state index < -0.39 is 0 Å². The number of hydrogen-bond acceptors (Lipinski definition) is 4. The third-order valence-corrected chi connectivity index (χ3v) is 3.98. The maximum atomic E-state index is 5.95. The van der Waals surface area contributed by atoms with E-state index in [0.717, 1.165) is 15.5 Å². The molecule has 4 N–H and O–H groups in total. The van der Waals surface area contributed by atoms with Gasteiger partial charge in [0.25, 0.3) is 0 Å². The van der Waals surface area contributed by atoms with Crippen molar-refractivity contribution in [1.82, 2.24) is 0 Å². The molecule has 2 aromatic rings. The van der Waals surface area contributed by atoms with Gasteiger partial charge >= 0.3 is 0 Å². The smallest absolute Gasteiger partial charge is 0.0456 e. The highest BCUT2D eigenvalue weighted by Crippen LogP contribution is 2.34. The first kappa shape index (κ1) is 12.4. The Bertz CT molecular complexity index is 509. The number of benzene rings is 2. The lowest BCUT2D eigenvalue weighted by molar-refractivity contribution is 1.32. The standard InChI is InChI=1S/C13H14N2S2/c1-9-2-4-10(5-3-9)16-13-8-11(17-15)6-7-12(13)14/h2-8H,14-15H2,1H3. The molecule has 0 aliphatic carbocycles. The molecule has 0 bridgehead atoms. The topological polar surface area (TPSA) is 52.0 Å². The SMILES string of the molecule is Cc1ccc(Sc2cc(SN)ccc2N)cc1. The summed E-state index contributed by atoms with van der Waals surface area (Å²) >= 11 is 2.89. The molecule has 0 saturated carbocycles.